The van der Waals surface area contributed by atoms with E-state index in [-0.39, 0.29) is 24.9 Å². The minimum absolute atomic E-state index is 0.0247. The van der Waals surface area contributed by atoms with E-state index in [1.807, 2.05) is 33.3 Å². The molecule has 0 aromatic carbocycles. The summed E-state index contributed by atoms with van der Waals surface area (Å²) in [5.41, 5.74) is 0. The number of carbonyl (C=O) groups excluding carboxylic acids is 2. The third-order valence-corrected chi connectivity index (χ3v) is 15.2. The summed E-state index contributed by atoms with van der Waals surface area (Å²) >= 11 is 0. The first-order chi connectivity index (χ1) is 36.9. The normalized spacial score (nSPS) is 14.0. The van der Waals surface area contributed by atoms with Crippen molar-refractivity contribution in [2.45, 2.75) is 309 Å². The number of phosphoric acid groups is 1. The molecule has 0 radical (unpaired) electrons. The molecule has 0 spiro atoms. The summed E-state index contributed by atoms with van der Waals surface area (Å²) in [4.78, 5) is 40.0. The van der Waals surface area contributed by atoms with E-state index in [9.17, 15) is 19.0 Å². The molecular formula is C66H123N2O7P. The van der Waals surface area contributed by atoms with E-state index in [1.54, 1.807) is 0 Å². The van der Waals surface area contributed by atoms with E-state index >= 15 is 0 Å². The smallest absolute Gasteiger partial charge is 0.306 e. The lowest BCUT2D eigenvalue weighted by atomic mass is 10.0. The molecule has 0 fully saturated rings. The van der Waals surface area contributed by atoms with Gasteiger partial charge in [0.1, 0.15) is 19.3 Å². The van der Waals surface area contributed by atoms with Crippen LogP contribution in [-0.4, -0.2) is 69.4 Å². The van der Waals surface area contributed by atoms with E-state index in [1.165, 1.54) is 173 Å². The third-order valence-electron chi connectivity index (χ3n) is 14.2. The first kappa shape index (κ1) is 73.7. The van der Waals surface area contributed by atoms with Crippen LogP contribution < -0.4 is 10.2 Å². The predicted molar refractivity (Wildman–Crippen MR) is 325 cm³/mol. The summed E-state index contributed by atoms with van der Waals surface area (Å²) in [5, 5.41) is 3.03. The average Bonchev–Trinajstić information content (AvgIpc) is 3.38. The number of nitrogens with one attached hydrogen (secondary N) is 1. The van der Waals surface area contributed by atoms with Crippen LogP contribution in [0, 0.1) is 0 Å². The van der Waals surface area contributed by atoms with Gasteiger partial charge in [-0.2, -0.15) is 0 Å². The van der Waals surface area contributed by atoms with E-state index in [0.717, 1.165) is 89.9 Å². The number of amides is 1. The number of allylic oxidation sites excluding steroid dienone is 9. The number of hydrogen-bond acceptors (Lipinski definition) is 7. The fourth-order valence-electron chi connectivity index (χ4n) is 9.21. The highest BCUT2D eigenvalue weighted by Crippen LogP contribution is 2.38. The monoisotopic (exact) mass is 1090 g/mol. The first-order valence-corrected chi connectivity index (χ1v) is 33.6. The summed E-state index contributed by atoms with van der Waals surface area (Å²) in [6.45, 7) is 6.83. The topological polar surface area (TPSA) is 114 Å². The van der Waals surface area contributed by atoms with Gasteiger partial charge < -0.3 is 28.5 Å². The molecule has 0 aliphatic carbocycles. The second-order valence-electron chi connectivity index (χ2n) is 22.9. The van der Waals surface area contributed by atoms with Crippen LogP contribution in [0.1, 0.15) is 297 Å². The van der Waals surface area contributed by atoms with Gasteiger partial charge >= 0.3 is 5.97 Å². The van der Waals surface area contributed by atoms with Crippen molar-refractivity contribution in [3.63, 3.8) is 0 Å². The number of phosphoric ester groups is 1. The summed E-state index contributed by atoms with van der Waals surface area (Å²) in [5.74, 6) is -0.544. The minimum Gasteiger partial charge on any atom is -0.756 e. The molecule has 0 saturated carbocycles. The van der Waals surface area contributed by atoms with Crippen LogP contribution in [0.3, 0.4) is 0 Å². The Bertz CT molecular complexity index is 1490. The van der Waals surface area contributed by atoms with Crippen molar-refractivity contribution in [3.8, 4) is 0 Å². The zero-order valence-electron chi connectivity index (χ0n) is 50.7. The molecule has 10 heteroatoms. The van der Waals surface area contributed by atoms with Crippen molar-refractivity contribution in [1.29, 1.82) is 0 Å². The molecule has 76 heavy (non-hydrogen) atoms. The number of esters is 1. The lowest BCUT2D eigenvalue weighted by Crippen LogP contribution is -2.47. The molecule has 0 heterocycles. The van der Waals surface area contributed by atoms with Gasteiger partial charge in [0, 0.05) is 12.8 Å². The maximum Gasteiger partial charge on any atom is 0.306 e. The fourth-order valence-corrected chi connectivity index (χ4v) is 9.94. The molecule has 1 N–H and O–H groups in total. The molecule has 0 aromatic rings. The van der Waals surface area contributed by atoms with Crippen LogP contribution in [0.25, 0.3) is 0 Å². The van der Waals surface area contributed by atoms with Crippen molar-refractivity contribution in [2.24, 2.45) is 0 Å². The molecule has 9 nitrogen and oxygen atoms in total. The van der Waals surface area contributed by atoms with Gasteiger partial charge in [0.15, 0.2) is 0 Å². The zero-order chi connectivity index (χ0) is 55.7. The molecule has 0 aliphatic heterocycles. The summed E-state index contributed by atoms with van der Waals surface area (Å²) in [7, 11) is 1.18. The van der Waals surface area contributed by atoms with Gasteiger partial charge in [-0.1, -0.05) is 268 Å². The van der Waals surface area contributed by atoms with E-state index in [2.05, 4.69) is 74.7 Å². The number of nitrogens with zero attached hydrogens (tertiary/aromatic N) is 1. The largest absolute Gasteiger partial charge is 0.756 e. The molecule has 0 saturated heterocycles. The van der Waals surface area contributed by atoms with Gasteiger partial charge in [0.25, 0.3) is 7.82 Å². The van der Waals surface area contributed by atoms with Crippen LogP contribution >= 0.6 is 7.82 Å². The Hall–Kier alpha value is -2.29. The van der Waals surface area contributed by atoms with Crippen molar-refractivity contribution in [2.75, 3.05) is 40.9 Å². The van der Waals surface area contributed by atoms with Crippen molar-refractivity contribution in [3.05, 3.63) is 60.8 Å². The SMILES string of the molecule is CCCCC/C=C\C/C=C\C/C=C\C/C=C\CCCCCCCCCC(=O)NC(COP(=O)([O-])OCC[N+](C)(C)C)C(/C=C\CCCCCCCCCCCC)OC(=O)CCCCCCCCCCCCCCCCC. The number of likely N-dealkylation sites (N-methyl/N-ethyl adjacent to an activating group) is 1. The van der Waals surface area contributed by atoms with Crippen LogP contribution in [0.5, 0.6) is 0 Å². The fraction of sp³-hybridized carbons (Fsp3) is 0.818. The first-order valence-electron chi connectivity index (χ1n) is 32.1. The molecule has 3 unspecified atom stereocenters. The molecule has 1 amide bonds. The summed E-state index contributed by atoms with van der Waals surface area (Å²) in [6, 6.07) is -0.893. The van der Waals surface area contributed by atoms with Crippen molar-refractivity contribution >= 4 is 19.7 Å². The summed E-state index contributed by atoms with van der Waals surface area (Å²) < 4.78 is 30.3. The van der Waals surface area contributed by atoms with Crippen LogP contribution in [-0.2, 0) is 27.9 Å². The minimum atomic E-state index is -4.70. The van der Waals surface area contributed by atoms with Crippen LogP contribution in [0.15, 0.2) is 60.8 Å². The number of unbranched alkanes of at least 4 members (excludes halogenated alkanes) is 34. The highest BCUT2D eigenvalue weighted by molar-refractivity contribution is 7.45. The van der Waals surface area contributed by atoms with Gasteiger partial charge in [0.05, 0.1) is 33.8 Å². The van der Waals surface area contributed by atoms with Gasteiger partial charge in [-0.05, 0) is 76.7 Å². The molecule has 444 valence electrons. The lowest BCUT2D eigenvalue weighted by Gasteiger charge is -2.30. The van der Waals surface area contributed by atoms with Crippen LogP contribution in [0.4, 0.5) is 0 Å². The molecule has 3 atom stereocenters. The van der Waals surface area contributed by atoms with Crippen molar-refractivity contribution in [1.82, 2.24) is 5.32 Å². The number of ether oxygens (including phenoxy) is 1. The Balaban J connectivity index is 5.20. The maximum absolute atomic E-state index is 13.5. The molecular weight excluding hydrogens is 964 g/mol. The number of rotatable bonds is 58. The van der Waals surface area contributed by atoms with E-state index < -0.39 is 26.6 Å². The van der Waals surface area contributed by atoms with Gasteiger partial charge in [0.2, 0.25) is 5.91 Å². The Morgan fingerprint density at radius 2 is 0.803 bits per heavy atom. The van der Waals surface area contributed by atoms with Gasteiger partial charge in [-0.3, -0.25) is 14.2 Å². The maximum atomic E-state index is 13.5. The van der Waals surface area contributed by atoms with Gasteiger partial charge in [-0.15, -0.1) is 0 Å². The average molecular weight is 1090 g/mol. The Morgan fingerprint density at radius 1 is 0.461 bits per heavy atom. The zero-order valence-corrected chi connectivity index (χ0v) is 51.6. The highest BCUT2D eigenvalue weighted by atomic mass is 31.2. The molecule has 0 bridgehead atoms. The van der Waals surface area contributed by atoms with Gasteiger partial charge in [-0.25, -0.2) is 0 Å². The Labute approximate surface area is 471 Å². The number of carbonyl (C=O) groups is 2. The summed E-state index contributed by atoms with van der Waals surface area (Å²) in [6.07, 6.45) is 70.4. The van der Waals surface area contributed by atoms with Crippen LogP contribution in [0.2, 0.25) is 0 Å². The highest BCUT2D eigenvalue weighted by Gasteiger charge is 2.27. The van der Waals surface area contributed by atoms with E-state index in [4.69, 9.17) is 13.8 Å². The second-order valence-corrected chi connectivity index (χ2v) is 24.3. The molecule has 0 aliphatic rings. The Kier molecular flexibility index (Phi) is 54.3. The van der Waals surface area contributed by atoms with E-state index in [0.29, 0.717) is 17.4 Å². The molecule has 0 aromatic heterocycles. The third kappa shape index (κ3) is 56.4. The Morgan fingerprint density at radius 3 is 1.22 bits per heavy atom. The number of hydrogen-bond donors (Lipinski definition) is 1. The predicted octanol–water partition coefficient (Wildman–Crippen LogP) is 19.2. The van der Waals surface area contributed by atoms with Crippen molar-refractivity contribution < 1.29 is 37.3 Å². The lowest BCUT2D eigenvalue weighted by molar-refractivity contribution is -0.870. The quantitative estimate of drug-likeness (QED) is 0.0212. The second kappa shape index (κ2) is 56.0. The standard InChI is InChI=1S/C66H123N2O7P/c1-7-10-13-16-19-22-25-28-30-31-32-33-34-35-36-37-39-40-43-46-49-52-55-58-65(69)67-63(62-74-76(71,72)73-61-60-68(4,5)6)64(57-54-51-48-45-42-27-24-21-18-15-12-9-3)75-66(70)59-56-53-50-47-44-41-38-29-26-23-20-17-14-11-8-2/h19,22,28,30,32-33,35-36,54,57,63-64H,7-18,20-21,23-27,29,31,34,37-53,55-56,58-62H2,1-6H3,(H-,67,69,71,72)/b22-19-,30-28-,33-32-,36-35-,57-54-. The number of quaternary nitrogens is 1. The molecule has 0 rings (SSSR count).